The number of nitrogens with one attached hydrogen (secondary N) is 1. The van der Waals surface area contributed by atoms with Crippen LogP contribution in [0.2, 0.25) is 0 Å². The summed E-state index contributed by atoms with van der Waals surface area (Å²) in [7, 11) is 0. The van der Waals surface area contributed by atoms with Gasteiger partial charge in [-0.15, -0.1) is 0 Å². The Balaban J connectivity index is 1.81. The van der Waals surface area contributed by atoms with E-state index >= 15 is 0 Å². The highest BCUT2D eigenvalue weighted by atomic mass is 16.4. The topological polar surface area (TPSA) is 145 Å². The van der Waals surface area contributed by atoms with Crippen LogP contribution in [0.15, 0.2) is 24.5 Å². The summed E-state index contributed by atoms with van der Waals surface area (Å²) in [6, 6.07) is 5.15. The van der Waals surface area contributed by atoms with Crippen molar-refractivity contribution in [2.24, 2.45) is 0 Å². The van der Waals surface area contributed by atoms with E-state index in [-0.39, 0.29) is 29.2 Å². The Morgan fingerprint density at radius 3 is 2.81 bits per heavy atom. The van der Waals surface area contributed by atoms with Crippen molar-refractivity contribution in [2.75, 3.05) is 16.8 Å². The number of fused-ring (bicyclic) bond motifs is 1. The van der Waals surface area contributed by atoms with Gasteiger partial charge in [0.15, 0.2) is 11.6 Å². The first-order valence-corrected chi connectivity index (χ1v) is 8.34. The second-order valence-electron chi connectivity index (χ2n) is 6.44. The van der Waals surface area contributed by atoms with Gasteiger partial charge in [0, 0.05) is 6.04 Å². The van der Waals surface area contributed by atoms with Crippen LogP contribution < -0.4 is 16.8 Å². The van der Waals surface area contributed by atoms with E-state index in [1.165, 1.54) is 6.33 Å². The second-order valence-corrected chi connectivity index (χ2v) is 6.44. The van der Waals surface area contributed by atoms with E-state index in [2.05, 4.69) is 20.3 Å². The summed E-state index contributed by atoms with van der Waals surface area (Å²) < 4.78 is 2.02. The highest BCUT2D eigenvalue weighted by Gasteiger charge is 2.32. The van der Waals surface area contributed by atoms with Gasteiger partial charge in [0.25, 0.3) is 0 Å². The lowest BCUT2D eigenvalue weighted by atomic mass is 10.2. The first-order valence-electron chi connectivity index (χ1n) is 8.34. The predicted molar refractivity (Wildman–Crippen MR) is 97.9 cm³/mol. The van der Waals surface area contributed by atoms with Gasteiger partial charge < -0.3 is 26.5 Å². The molecule has 2 aromatic heterocycles. The summed E-state index contributed by atoms with van der Waals surface area (Å²) in [6.07, 6.45) is 3.34. The zero-order valence-electron chi connectivity index (χ0n) is 14.2. The van der Waals surface area contributed by atoms with Crippen molar-refractivity contribution in [1.29, 1.82) is 0 Å². The number of carboxylic acid groups (broad SMARTS) is 1. The van der Waals surface area contributed by atoms with E-state index in [1.807, 2.05) is 17.6 Å². The van der Waals surface area contributed by atoms with E-state index < -0.39 is 5.97 Å². The second kappa shape index (κ2) is 5.87. The molecule has 0 amide bonds. The fraction of sp³-hybridized carbons (Fsp3) is 0.294. The number of nitrogens with two attached hydrogens (primary N) is 2. The lowest BCUT2D eigenvalue weighted by molar-refractivity contribution is 0.0698. The summed E-state index contributed by atoms with van der Waals surface area (Å²) in [4.78, 5) is 24.3. The van der Waals surface area contributed by atoms with E-state index in [4.69, 9.17) is 11.5 Å². The van der Waals surface area contributed by atoms with Crippen LogP contribution in [0, 0.1) is 0 Å². The lowest BCUT2D eigenvalue weighted by Crippen LogP contribution is -2.16. The van der Waals surface area contributed by atoms with Crippen molar-refractivity contribution < 1.29 is 9.90 Å². The molecule has 0 saturated heterocycles. The van der Waals surface area contributed by atoms with Crippen LogP contribution in [0.5, 0.6) is 0 Å². The molecule has 4 rings (SSSR count). The molecule has 0 unspecified atom stereocenters. The third-order valence-corrected chi connectivity index (χ3v) is 4.54. The number of hydrogen-bond acceptors (Lipinski definition) is 7. The third kappa shape index (κ3) is 2.57. The van der Waals surface area contributed by atoms with Crippen LogP contribution in [-0.2, 0) is 0 Å². The molecule has 1 atom stereocenters. The number of hydrogen-bond donors (Lipinski definition) is 4. The number of imidazole rings is 1. The molecular weight excluding hydrogens is 334 g/mol. The Bertz CT molecular complexity index is 1010. The minimum Gasteiger partial charge on any atom is -0.478 e. The molecule has 1 aliphatic carbocycles. The number of para-hydroxylation sites is 1. The Morgan fingerprint density at radius 1 is 1.35 bits per heavy atom. The van der Waals surface area contributed by atoms with Crippen molar-refractivity contribution in [3.63, 3.8) is 0 Å². The number of carbonyl (C=O) groups is 1. The molecule has 1 saturated carbocycles. The highest BCUT2D eigenvalue weighted by Crippen LogP contribution is 2.41. The Labute approximate surface area is 149 Å². The lowest BCUT2D eigenvalue weighted by Gasteiger charge is -2.18. The number of aromatic nitrogens is 4. The largest absolute Gasteiger partial charge is 0.478 e. The van der Waals surface area contributed by atoms with Crippen molar-refractivity contribution >= 4 is 34.3 Å². The molecule has 2 heterocycles. The quantitative estimate of drug-likeness (QED) is 0.546. The monoisotopic (exact) mass is 353 g/mol. The number of anilines is 3. The SMILES string of the molecule is C[C@H](Nc1ncnc(N)c1N)c1nc2cccc(C(=O)O)c2n1C1CC1. The van der Waals surface area contributed by atoms with Crippen molar-refractivity contribution in [3.05, 3.63) is 35.9 Å². The van der Waals surface area contributed by atoms with E-state index in [1.54, 1.807) is 12.1 Å². The number of rotatable bonds is 5. The van der Waals surface area contributed by atoms with E-state index in [0.29, 0.717) is 16.9 Å². The number of benzene rings is 1. The van der Waals surface area contributed by atoms with Crippen LogP contribution in [0.1, 0.15) is 48.0 Å². The van der Waals surface area contributed by atoms with E-state index in [9.17, 15) is 9.90 Å². The molecular formula is C17H19N7O2. The molecule has 0 bridgehead atoms. The van der Waals surface area contributed by atoms with Gasteiger partial charge in [-0.05, 0) is 31.9 Å². The molecule has 9 heteroatoms. The maximum absolute atomic E-state index is 11.7. The number of nitrogen functional groups attached to an aromatic ring is 2. The van der Waals surface area contributed by atoms with Gasteiger partial charge in [0.2, 0.25) is 0 Å². The molecule has 0 spiro atoms. The molecule has 0 radical (unpaired) electrons. The van der Waals surface area contributed by atoms with Crippen molar-refractivity contribution in [2.45, 2.75) is 31.8 Å². The van der Waals surface area contributed by atoms with Crippen LogP contribution >= 0.6 is 0 Å². The van der Waals surface area contributed by atoms with Crippen molar-refractivity contribution in [1.82, 2.24) is 19.5 Å². The maximum atomic E-state index is 11.7. The van der Waals surface area contributed by atoms with E-state index in [0.717, 1.165) is 18.7 Å². The molecule has 0 aliphatic heterocycles. The summed E-state index contributed by atoms with van der Waals surface area (Å²) >= 11 is 0. The number of nitrogens with zero attached hydrogens (tertiary/aromatic N) is 4. The third-order valence-electron chi connectivity index (χ3n) is 4.54. The molecule has 1 aliphatic rings. The maximum Gasteiger partial charge on any atom is 0.337 e. The van der Waals surface area contributed by atoms with Crippen LogP contribution in [0.4, 0.5) is 17.3 Å². The van der Waals surface area contributed by atoms with Crippen LogP contribution in [0.25, 0.3) is 11.0 Å². The molecule has 9 nitrogen and oxygen atoms in total. The smallest absolute Gasteiger partial charge is 0.337 e. The Morgan fingerprint density at radius 2 is 2.12 bits per heavy atom. The van der Waals surface area contributed by atoms with Gasteiger partial charge in [-0.25, -0.2) is 19.7 Å². The van der Waals surface area contributed by atoms with Crippen LogP contribution in [0.3, 0.4) is 0 Å². The predicted octanol–water partition coefficient (Wildman–Crippen LogP) is 2.20. The number of aromatic carboxylic acids is 1. The first-order chi connectivity index (χ1) is 12.5. The zero-order valence-corrected chi connectivity index (χ0v) is 14.2. The summed E-state index contributed by atoms with van der Waals surface area (Å²) in [5.74, 6) is 0.418. The van der Waals surface area contributed by atoms with Gasteiger partial charge >= 0.3 is 5.97 Å². The highest BCUT2D eigenvalue weighted by molar-refractivity contribution is 6.01. The molecule has 1 aromatic carbocycles. The normalized spacial score (nSPS) is 15.1. The molecule has 6 N–H and O–H groups in total. The van der Waals surface area contributed by atoms with Gasteiger partial charge in [0.05, 0.1) is 22.6 Å². The summed E-state index contributed by atoms with van der Waals surface area (Å²) in [6.45, 7) is 1.93. The fourth-order valence-electron chi connectivity index (χ4n) is 3.14. The first kappa shape index (κ1) is 16.1. The average molecular weight is 353 g/mol. The zero-order chi connectivity index (χ0) is 18.4. The van der Waals surface area contributed by atoms with Crippen molar-refractivity contribution in [3.8, 4) is 0 Å². The fourth-order valence-corrected chi connectivity index (χ4v) is 3.14. The number of carboxylic acids is 1. The minimum atomic E-state index is -0.961. The van der Waals surface area contributed by atoms with Gasteiger partial charge in [-0.2, -0.15) is 0 Å². The Hall–Kier alpha value is -3.36. The standard InChI is InChI=1S/C17H19N7O2/c1-8(22-15-12(18)14(19)20-7-21-15)16-23-11-4-2-3-10(17(25)26)13(11)24(16)9-5-6-9/h2-4,7-9H,5-6,18H2,1H3,(H,25,26)(H3,19,20,21,22)/t8-/m0/s1. The van der Waals surface area contributed by atoms with Crippen LogP contribution in [-0.4, -0.2) is 30.6 Å². The van der Waals surface area contributed by atoms with Gasteiger partial charge in [-0.1, -0.05) is 6.07 Å². The average Bonchev–Trinajstić information content (AvgIpc) is 3.37. The molecule has 26 heavy (non-hydrogen) atoms. The Kier molecular flexibility index (Phi) is 3.64. The minimum absolute atomic E-state index is 0.207. The van der Waals surface area contributed by atoms with Gasteiger partial charge in [-0.3, -0.25) is 0 Å². The summed E-state index contributed by atoms with van der Waals surface area (Å²) in [5, 5.41) is 12.8. The molecule has 134 valence electrons. The molecule has 3 aromatic rings. The molecule has 1 fully saturated rings. The summed E-state index contributed by atoms with van der Waals surface area (Å²) in [5.41, 5.74) is 13.5. The van der Waals surface area contributed by atoms with Gasteiger partial charge in [0.1, 0.15) is 17.8 Å².